The molecule has 31 heteroatoms. The highest BCUT2D eigenvalue weighted by molar-refractivity contribution is 6.00. The molecule has 31 nitrogen and oxygen atoms in total. The highest BCUT2D eigenvalue weighted by Gasteiger charge is 2.53. The number of aryl methyl sites for hydroxylation is 1. The third-order valence-electron chi connectivity index (χ3n) is 22.5. The van der Waals surface area contributed by atoms with E-state index < -0.39 is 0 Å². The summed E-state index contributed by atoms with van der Waals surface area (Å²) < 4.78 is 53.9. The van der Waals surface area contributed by atoms with E-state index in [0.717, 1.165) is 168 Å². The molecule has 0 saturated heterocycles. The van der Waals surface area contributed by atoms with E-state index in [-0.39, 0.29) is 91.3 Å². The summed E-state index contributed by atoms with van der Waals surface area (Å²) in [6, 6.07) is 15.9. The smallest absolute Gasteiger partial charge is 0.407 e. The lowest BCUT2D eigenvalue weighted by molar-refractivity contribution is -0.127. The number of rotatable bonds is 61. The van der Waals surface area contributed by atoms with Gasteiger partial charge >= 0.3 is 6.09 Å². The van der Waals surface area contributed by atoms with Crippen molar-refractivity contribution in [2.75, 3.05) is 156 Å². The number of fused-ring (bicyclic) bond motifs is 7. The molecular formula is C106H188N14O17. The van der Waals surface area contributed by atoms with E-state index in [9.17, 15) is 38.4 Å². The highest BCUT2D eigenvalue weighted by atomic mass is 16.6. The van der Waals surface area contributed by atoms with Crippen LogP contribution in [0.4, 0.5) is 10.5 Å². The van der Waals surface area contributed by atoms with Gasteiger partial charge in [0.1, 0.15) is 11.8 Å². The molecule has 0 bridgehead atoms. The summed E-state index contributed by atoms with van der Waals surface area (Å²) in [7, 11) is 0. The molecule has 137 heavy (non-hydrogen) atoms. The number of nitrogens with one attached hydrogen (secondary N) is 7. The van der Waals surface area contributed by atoms with Crippen LogP contribution in [0, 0.1) is 82.9 Å². The number of amides is 8. The first-order valence-corrected chi connectivity index (χ1v) is 51.8. The van der Waals surface area contributed by atoms with Crippen LogP contribution in [0.15, 0.2) is 48.5 Å². The predicted molar refractivity (Wildman–Crippen MR) is 547 cm³/mol. The van der Waals surface area contributed by atoms with Crippen molar-refractivity contribution in [1.29, 1.82) is 0 Å². The van der Waals surface area contributed by atoms with Gasteiger partial charge in [-0.2, -0.15) is 0 Å². The van der Waals surface area contributed by atoms with E-state index in [1.165, 1.54) is 18.5 Å². The Labute approximate surface area is 825 Å². The zero-order valence-corrected chi connectivity index (χ0v) is 89.3. The van der Waals surface area contributed by atoms with Gasteiger partial charge in [-0.25, -0.2) is 14.2 Å². The average Bonchev–Trinajstić information content (AvgIpc) is 1.72. The predicted octanol–water partition coefficient (Wildman–Crippen LogP) is 16.7. The quantitative estimate of drug-likeness (QED) is 0.0202. The minimum absolute atomic E-state index is 0.0215. The fraction of sp³-hybridized carbons (Fsp3) is 0.774. The Kier molecular flexibility index (Phi) is 69.2. The molecule has 784 valence electrons. The number of aromatic nitrogens is 6. The topological polar surface area (TPSA) is 368 Å². The summed E-state index contributed by atoms with van der Waals surface area (Å²) in [5.74, 6) is 6.85. The lowest BCUT2D eigenvalue weighted by atomic mass is 9.95. The number of hydrogen-bond acceptors (Lipinski definition) is 21. The van der Waals surface area contributed by atoms with Crippen molar-refractivity contribution in [3.05, 3.63) is 65.5 Å². The van der Waals surface area contributed by atoms with E-state index in [4.69, 9.17) is 42.6 Å². The van der Waals surface area contributed by atoms with Crippen molar-refractivity contribution in [1.82, 2.24) is 67.2 Å². The van der Waals surface area contributed by atoms with Crippen molar-refractivity contribution in [3.8, 4) is 22.5 Å². The standard InChI is InChI=1S/C33H45N5O4.C27H47N5O5.C13H26N2O3.C12H25NO2.C11H23NO2.C10H22O/c1-24(2)14-19-41-21-16-30(39)34-17-13-31(40)37-23-26-9-5-6-10-27(26)32-33(28-11-7-8-12-29(28)37)38(36-35-32)18-22-42-20-15-25(3)4;1-19(2)5-10-25(33)28-12-16-36-17-13-29-27(34)37-26-21-6-8-23-24(9-7-22(21)26)32(31-30-23)14-18-35-15-11-20(3)4;1-10(2)5-7-18-8-6-14-12(16)9-15-13(17)11(3)4;1-10(2)5-7-15-8-6-13-12(14)9-11(3)4;1-9(2)5-7-14-8-6-12-11(13)10(3)4;1-9(2)5-7-11-8-6-10(3)4/h5-12,24-25H,13-23H2,1-4H3,(H,34,39);19-22,26H,5-18H2,1-4H3,(H,28,33)(H,29,34);10-11H,5-9H2,1-4H3,(H,14,16)(H,15,17);10-11H,5-9H2,1-4H3,(H,13,14);9-10H,5-8H2,1-4H3,(H,12,13);9-10H,5-8H2,1-4H3. The molecule has 2 aromatic heterocycles. The molecular weight excluding hydrogens is 1740 g/mol. The van der Waals surface area contributed by atoms with Gasteiger partial charge in [0.2, 0.25) is 41.4 Å². The van der Waals surface area contributed by atoms with Crippen LogP contribution in [-0.4, -0.2) is 235 Å². The summed E-state index contributed by atoms with van der Waals surface area (Å²) in [6.45, 7) is 65.6. The van der Waals surface area contributed by atoms with Gasteiger partial charge in [-0.1, -0.05) is 219 Å². The number of anilines is 1. The lowest BCUT2D eigenvalue weighted by Gasteiger charge is -2.29. The zero-order chi connectivity index (χ0) is 102. The van der Waals surface area contributed by atoms with Gasteiger partial charge in [0.25, 0.3) is 0 Å². The van der Waals surface area contributed by atoms with Gasteiger partial charge < -0.3 is 84.7 Å². The number of ether oxygens (including phenoxy) is 9. The van der Waals surface area contributed by atoms with E-state index in [0.29, 0.717) is 184 Å². The number of alkyl carbamates (subject to hydrolysis) is 1. The van der Waals surface area contributed by atoms with Crippen LogP contribution in [0.1, 0.15) is 279 Å². The Morgan fingerprint density at radius 3 is 1.23 bits per heavy atom. The molecule has 3 atom stereocenters. The van der Waals surface area contributed by atoms with Crippen LogP contribution in [0.5, 0.6) is 0 Å². The Morgan fingerprint density at radius 1 is 0.358 bits per heavy atom. The molecule has 8 amide bonds. The Morgan fingerprint density at radius 2 is 0.745 bits per heavy atom. The van der Waals surface area contributed by atoms with Crippen molar-refractivity contribution < 1.29 is 81.0 Å². The monoisotopic (exact) mass is 1930 g/mol. The second-order valence-electron chi connectivity index (χ2n) is 40.7. The van der Waals surface area contributed by atoms with E-state index in [2.05, 4.69) is 182 Å². The maximum atomic E-state index is 13.7. The first-order chi connectivity index (χ1) is 65.3. The first-order valence-electron chi connectivity index (χ1n) is 51.8. The summed E-state index contributed by atoms with van der Waals surface area (Å²) in [5.41, 5.74) is 7.58. The second-order valence-corrected chi connectivity index (χ2v) is 40.7. The van der Waals surface area contributed by atoms with Crippen molar-refractivity contribution in [3.63, 3.8) is 0 Å². The van der Waals surface area contributed by atoms with Gasteiger partial charge in [0.15, 0.2) is 0 Å². The van der Waals surface area contributed by atoms with Gasteiger partial charge in [-0.15, -0.1) is 10.2 Å². The highest BCUT2D eigenvalue weighted by Crippen LogP contribution is 2.49. The Bertz CT molecular complexity index is 3850. The maximum absolute atomic E-state index is 13.7. The van der Waals surface area contributed by atoms with Crippen molar-refractivity contribution in [2.45, 2.75) is 301 Å². The minimum Gasteiger partial charge on any atom is -0.446 e. The third kappa shape index (κ3) is 62.0. The van der Waals surface area contributed by atoms with Crippen LogP contribution in [0.2, 0.25) is 0 Å². The molecule has 1 aliphatic heterocycles. The molecule has 7 N–H and O–H groups in total. The molecule has 3 unspecified atom stereocenters. The maximum Gasteiger partial charge on any atom is 0.407 e. The van der Waals surface area contributed by atoms with E-state index >= 15 is 0 Å². The molecule has 3 aliphatic rings. The number of para-hydroxylation sites is 1. The third-order valence-corrected chi connectivity index (χ3v) is 22.5. The first kappa shape index (κ1) is 125. The number of nitrogens with zero attached hydrogens (tertiary/aromatic N) is 7. The molecule has 0 spiro atoms. The summed E-state index contributed by atoms with van der Waals surface area (Å²) >= 11 is 0. The zero-order valence-electron chi connectivity index (χ0n) is 89.3. The molecule has 1 saturated carbocycles. The van der Waals surface area contributed by atoms with Gasteiger partial charge in [-0.3, -0.25) is 33.6 Å². The molecule has 1 fully saturated rings. The molecule has 7 rings (SSSR count). The largest absolute Gasteiger partial charge is 0.446 e. The molecule has 3 heterocycles. The Hall–Kier alpha value is -8.04. The number of carbonyl (C=O) groups excluding carboxylic acids is 8. The normalized spacial score (nSPS) is 14.1. The average molecular weight is 1930 g/mol. The number of benzene rings is 2. The van der Waals surface area contributed by atoms with Gasteiger partial charge in [0, 0.05) is 153 Å². The molecule has 0 radical (unpaired) electrons. The minimum atomic E-state index is -0.386. The lowest BCUT2D eigenvalue weighted by Crippen LogP contribution is -2.39. The van der Waals surface area contributed by atoms with E-state index in [1.807, 2.05) is 90.5 Å². The van der Waals surface area contributed by atoms with Crippen LogP contribution >= 0.6 is 0 Å². The van der Waals surface area contributed by atoms with Crippen molar-refractivity contribution >= 4 is 53.1 Å². The van der Waals surface area contributed by atoms with Crippen LogP contribution < -0.4 is 42.1 Å². The van der Waals surface area contributed by atoms with Crippen LogP contribution in [0.25, 0.3) is 22.5 Å². The second kappa shape index (κ2) is 75.8. The molecule has 4 aromatic rings. The summed E-state index contributed by atoms with van der Waals surface area (Å²) in [5, 5.41) is 37.3. The number of hydrogen-bond donors (Lipinski definition) is 7. The summed E-state index contributed by atoms with van der Waals surface area (Å²) in [6.07, 6.45) is 14.4. The molecule has 2 aliphatic carbocycles. The Balaban J connectivity index is 0.000000601. The van der Waals surface area contributed by atoms with Crippen molar-refractivity contribution in [2.24, 2.45) is 82.9 Å². The van der Waals surface area contributed by atoms with E-state index in [1.54, 1.807) is 13.8 Å². The van der Waals surface area contributed by atoms with Gasteiger partial charge in [-0.05, 0) is 154 Å². The number of carbonyl (C=O) groups is 8. The van der Waals surface area contributed by atoms with Crippen LogP contribution in [-0.2, 0) is 109 Å². The fourth-order valence-corrected chi connectivity index (χ4v) is 13.5. The van der Waals surface area contributed by atoms with Crippen LogP contribution in [0.3, 0.4) is 0 Å². The SMILES string of the molecule is CC(C)CCOCCC(=O)NCCC(=O)N1Cc2ccccc2-c2nnn(CCOCCC(C)C)c2-c2ccccc21.CC(C)CCOCCC(C)C.CC(C)CCOCCNC(=O)C(C)C.CC(C)CCOCCNC(=O)CC(C)C.CC(C)CCOCCNC(=O)CNC(=O)C(C)C.CC(C)CCOCCn1nnc2c1CCC1C(CC2)C1OC(=O)NCCOCCNC(=O)CCC(C)C. The summed E-state index contributed by atoms with van der Waals surface area (Å²) in [4.78, 5) is 96.7. The molecule has 2 aromatic carbocycles. The fourth-order valence-electron chi connectivity index (χ4n) is 13.5. The van der Waals surface area contributed by atoms with Gasteiger partial charge in [0.05, 0.1) is 102 Å².